The van der Waals surface area contributed by atoms with Crippen molar-refractivity contribution >= 4 is 19.2 Å². The summed E-state index contributed by atoms with van der Waals surface area (Å²) in [5, 5.41) is 21.8. The van der Waals surface area contributed by atoms with Crippen LogP contribution in [0.1, 0.15) is 6.92 Å². The lowest BCUT2D eigenvalue weighted by Crippen LogP contribution is -2.60. The fraction of sp³-hybridized carbons (Fsp3) is 0.588. The zero-order chi connectivity index (χ0) is 17.8. The van der Waals surface area contributed by atoms with E-state index in [4.69, 9.17) is 4.74 Å². The van der Waals surface area contributed by atoms with Crippen LogP contribution in [-0.2, 0) is 9.53 Å². The number of carbonyl (C=O) groups excluding carboxylic acids is 1. The number of aliphatic hydroxyl groups is 2. The Bertz CT molecular complexity index is 505. The molecule has 6 heteroatoms. The maximum absolute atomic E-state index is 12.4. The van der Waals surface area contributed by atoms with Crippen LogP contribution in [0.25, 0.3) is 0 Å². The highest BCUT2D eigenvalue weighted by Crippen LogP contribution is 2.33. The molecule has 4 atom stereocenters. The molecule has 0 aromatic heterocycles. The molecular weight excluding hydrogens is 310 g/mol. The molecule has 0 aliphatic heterocycles. The molecule has 1 aromatic rings. The van der Waals surface area contributed by atoms with Crippen LogP contribution in [0.5, 0.6) is 0 Å². The van der Waals surface area contributed by atoms with Gasteiger partial charge >= 0.3 is 5.97 Å². The predicted molar refractivity (Wildman–Crippen MR) is 94.5 cm³/mol. The van der Waals surface area contributed by atoms with Crippen molar-refractivity contribution in [3.8, 4) is 0 Å². The zero-order valence-electron chi connectivity index (χ0n) is 14.9. The van der Waals surface area contributed by atoms with E-state index < -0.39 is 37.8 Å². The molecule has 0 spiro atoms. The fourth-order valence-electron chi connectivity index (χ4n) is 3.17. The van der Waals surface area contributed by atoms with Crippen LogP contribution in [-0.4, -0.2) is 68.6 Å². The Balaban J connectivity index is 3.42. The monoisotopic (exact) mass is 339 g/mol. The van der Waals surface area contributed by atoms with Gasteiger partial charge in [-0.25, -0.2) is 0 Å². The molecule has 0 bridgehead atoms. The lowest BCUT2D eigenvalue weighted by molar-refractivity contribution is -0.147. The molecule has 0 fully saturated rings. The van der Waals surface area contributed by atoms with E-state index >= 15 is 0 Å². The van der Waals surface area contributed by atoms with E-state index in [1.54, 1.807) is 25.9 Å². The normalized spacial score (nSPS) is 17.4. The summed E-state index contributed by atoms with van der Waals surface area (Å²) in [7, 11) is 2.64. The van der Waals surface area contributed by atoms with E-state index in [0.29, 0.717) is 0 Å². The van der Waals surface area contributed by atoms with Crippen LogP contribution in [0.4, 0.5) is 0 Å². The molecular formula is C17H29NO4Si. The molecule has 0 saturated heterocycles. The van der Waals surface area contributed by atoms with Gasteiger partial charge in [-0.05, 0) is 21.0 Å². The SMILES string of the molecule is COC(=O)[C@H]([C@@H]([C@H](O)[C@@H](C)O)[Si](C)(C)c1ccccc1)N(C)C. The number of likely N-dealkylation sites (N-methyl/N-ethyl adjacent to an activating group) is 1. The van der Waals surface area contributed by atoms with Crippen molar-refractivity contribution in [1.82, 2.24) is 4.90 Å². The molecule has 0 aliphatic carbocycles. The second-order valence-corrected chi connectivity index (χ2v) is 11.5. The van der Waals surface area contributed by atoms with Crippen LogP contribution in [0, 0.1) is 0 Å². The minimum absolute atomic E-state index is 0.392. The highest BCUT2D eigenvalue weighted by atomic mass is 28.3. The third kappa shape index (κ3) is 4.41. The van der Waals surface area contributed by atoms with Crippen molar-refractivity contribution < 1.29 is 19.7 Å². The van der Waals surface area contributed by atoms with Crippen LogP contribution in [0.2, 0.25) is 18.6 Å². The average Bonchev–Trinajstić information content (AvgIpc) is 2.51. The maximum atomic E-state index is 12.4. The molecule has 1 rings (SSSR count). The van der Waals surface area contributed by atoms with Crippen molar-refractivity contribution in [3.05, 3.63) is 30.3 Å². The first-order valence-corrected chi connectivity index (χ1v) is 10.9. The number of hydrogen-bond acceptors (Lipinski definition) is 5. The van der Waals surface area contributed by atoms with Crippen molar-refractivity contribution in [2.24, 2.45) is 0 Å². The van der Waals surface area contributed by atoms with Gasteiger partial charge in [0.1, 0.15) is 6.04 Å². The summed E-state index contributed by atoms with van der Waals surface area (Å²) in [6.45, 7) is 5.77. The van der Waals surface area contributed by atoms with Gasteiger partial charge in [-0.2, -0.15) is 0 Å². The summed E-state index contributed by atoms with van der Waals surface area (Å²) in [6.07, 6.45) is -1.94. The topological polar surface area (TPSA) is 70.0 Å². The molecule has 130 valence electrons. The second kappa shape index (κ2) is 8.05. The summed E-state index contributed by atoms with van der Waals surface area (Å²) < 4.78 is 4.96. The van der Waals surface area contributed by atoms with Gasteiger partial charge in [0.05, 0.1) is 27.4 Å². The number of methoxy groups -OCH3 is 1. The van der Waals surface area contributed by atoms with E-state index in [-0.39, 0.29) is 0 Å². The number of esters is 1. The van der Waals surface area contributed by atoms with Gasteiger partial charge < -0.3 is 14.9 Å². The van der Waals surface area contributed by atoms with Crippen LogP contribution >= 0.6 is 0 Å². The summed E-state index contributed by atoms with van der Waals surface area (Å²) in [5.41, 5.74) is -0.410. The highest BCUT2D eigenvalue weighted by Gasteiger charge is 2.48. The van der Waals surface area contributed by atoms with Gasteiger partial charge in [0.25, 0.3) is 0 Å². The molecule has 1 aromatic carbocycles. The number of nitrogens with zero attached hydrogens (tertiary/aromatic N) is 1. The Hall–Kier alpha value is -1.21. The van der Waals surface area contributed by atoms with Gasteiger partial charge in [-0.1, -0.05) is 48.6 Å². The van der Waals surface area contributed by atoms with Crippen LogP contribution < -0.4 is 5.19 Å². The number of rotatable bonds is 7. The maximum Gasteiger partial charge on any atom is 0.323 e. The fourth-order valence-corrected chi connectivity index (χ4v) is 6.96. The van der Waals surface area contributed by atoms with Gasteiger partial charge in [0, 0.05) is 5.54 Å². The minimum Gasteiger partial charge on any atom is -0.468 e. The molecule has 0 radical (unpaired) electrons. The quantitative estimate of drug-likeness (QED) is 0.568. The minimum atomic E-state index is -2.29. The van der Waals surface area contributed by atoms with Crippen molar-refractivity contribution in [2.45, 2.75) is 43.8 Å². The summed E-state index contributed by atoms with van der Waals surface area (Å²) in [4.78, 5) is 14.1. The lowest BCUT2D eigenvalue weighted by Gasteiger charge is -2.43. The number of ether oxygens (including phenoxy) is 1. The van der Waals surface area contributed by atoms with E-state index in [0.717, 1.165) is 5.19 Å². The Morgan fingerprint density at radius 1 is 1.17 bits per heavy atom. The third-order valence-corrected chi connectivity index (χ3v) is 8.70. The Kier molecular flexibility index (Phi) is 6.95. The van der Waals surface area contributed by atoms with E-state index in [1.807, 2.05) is 30.3 Å². The molecule has 5 nitrogen and oxygen atoms in total. The van der Waals surface area contributed by atoms with E-state index in [1.165, 1.54) is 7.11 Å². The van der Waals surface area contributed by atoms with Crippen LogP contribution in [0.3, 0.4) is 0 Å². The molecule has 0 aliphatic rings. The Morgan fingerprint density at radius 3 is 2.09 bits per heavy atom. The molecule has 2 N–H and O–H groups in total. The molecule has 0 unspecified atom stereocenters. The largest absolute Gasteiger partial charge is 0.468 e. The average molecular weight is 340 g/mol. The first-order chi connectivity index (χ1) is 10.6. The standard InChI is InChI=1S/C17H29NO4Si/c1-12(19)15(20)16(14(18(2)3)17(21)22-4)23(5,6)13-10-8-7-9-11-13/h7-12,14-16,19-20H,1-6H3/t12-,14+,15-,16+/m1/s1. The van der Waals surface area contributed by atoms with Crippen molar-refractivity contribution in [1.29, 1.82) is 0 Å². The van der Waals surface area contributed by atoms with Gasteiger partial charge in [0.2, 0.25) is 0 Å². The first kappa shape index (κ1) is 19.8. The van der Waals surface area contributed by atoms with Crippen molar-refractivity contribution in [2.75, 3.05) is 21.2 Å². The molecule has 0 amide bonds. The van der Waals surface area contributed by atoms with E-state index in [9.17, 15) is 15.0 Å². The molecule has 0 heterocycles. The lowest BCUT2D eigenvalue weighted by atomic mass is 10.0. The van der Waals surface area contributed by atoms with Crippen molar-refractivity contribution in [3.63, 3.8) is 0 Å². The number of benzene rings is 1. The summed E-state index contributed by atoms with van der Waals surface area (Å²) in [6, 6.07) is 9.29. The number of aliphatic hydroxyl groups excluding tert-OH is 2. The summed E-state index contributed by atoms with van der Waals surface area (Å²) >= 11 is 0. The second-order valence-electron chi connectivity index (χ2n) is 6.78. The third-order valence-electron chi connectivity index (χ3n) is 4.55. The van der Waals surface area contributed by atoms with E-state index in [2.05, 4.69) is 13.1 Å². The predicted octanol–water partition coefficient (Wildman–Crippen LogP) is 0.817. The Labute approximate surface area is 139 Å². The van der Waals surface area contributed by atoms with Gasteiger partial charge in [-0.15, -0.1) is 0 Å². The first-order valence-electron chi connectivity index (χ1n) is 7.80. The molecule has 23 heavy (non-hydrogen) atoms. The highest BCUT2D eigenvalue weighted by molar-refractivity contribution is 6.91. The number of hydrogen-bond donors (Lipinski definition) is 2. The van der Waals surface area contributed by atoms with Crippen LogP contribution in [0.15, 0.2) is 30.3 Å². The zero-order valence-corrected chi connectivity index (χ0v) is 15.9. The molecule has 0 saturated carbocycles. The number of carbonyl (C=O) groups is 1. The van der Waals surface area contributed by atoms with Gasteiger partial charge in [-0.3, -0.25) is 9.69 Å². The Morgan fingerprint density at radius 2 is 1.70 bits per heavy atom. The summed E-state index contributed by atoms with van der Waals surface area (Å²) in [5.74, 6) is -0.392. The smallest absolute Gasteiger partial charge is 0.323 e. The van der Waals surface area contributed by atoms with Gasteiger partial charge in [0.15, 0.2) is 0 Å².